The molecule has 0 aromatic heterocycles. The molecule has 120 valence electrons. The van der Waals surface area contributed by atoms with E-state index in [1.54, 1.807) is 26.0 Å². The highest BCUT2D eigenvalue weighted by atomic mass is 16.5. The van der Waals surface area contributed by atoms with Crippen LogP contribution in [0.1, 0.15) is 36.7 Å². The summed E-state index contributed by atoms with van der Waals surface area (Å²) < 4.78 is 5.01. The summed E-state index contributed by atoms with van der Waals surface area (Å²) in [5, 5.41) is 4.60. The van der Waals surface area contributed by atoms with Gasteiger partial charge in [-0.25, -0.2) is 9.59 Å². The number of anilines is 1. The molecule has 1 aromatic carbocycles. The Hall–Kier alpha value is -2.57. The molecule has 1 rings (SSSR count). The molecule has 0 spiro atoms. The van der Waals surface area contributed by atoms with Crippen LogP contribution in [-0.4, -0.2) is 30.1 Å². The predicted molar refractivity (Wildman–Crippen MR) is 82.3 cm³/mol. The van der Waals surface area contributed by atoms with Crippen LogP contribution in [0.2, 0.25) is 0 Å². The molecule has 0 fully saturated rings. The lowest BCUT2D eigenvalue weighted by Crippen LogP contribution is -2.46. The Balaban J connectivity index is 2.61. The molecule has 7 nitrogen and oxygen atoms in total. The lowest BCUT2D eigenvalue weighted by molar-refractivity contribution is -0.127. The van der Waals surface area contributed by atoms with Gasteiger partial charge in [0.2, 0.25) is 0 Å². The minimum Gasteiger partial charge on any atom is -0.449 e. The van der Waals surface area contributed by atoms with Crippen LogP contribution in [0, 0.1) is 6.92 Å². The molecular formula is C15H21N3O4. The monoisotopic (exact) mass is 307 g/mol. The van der Waals surface area contributed by atoms with Crippen LogP contribution in [0.4, 0.5) is 10.5 Å². The van der Waals surface area contributed by atoms with Crippen molar-refractivity contribution in [1.82, 2.24) is 10.6 Å². The molecular weight excluding hydrogens is 286 g/mol. The molecule has 0 aliphatic carbocycles. The second kappa shape index (κ2) is 7.44. The first-order chi connectivity index (χ1) is 10.2. The average molecular weight is 307 g/mol. The standard InChI is InChI=1S/C15H21N3O4/c1-8(2)17-15(21)18-13(19)10(4)22-14(20)11-6-5-9(3)12(16)7-11/h5-8,10H,16H2,1-4H3,(H2,17,18,19,21)/t10-/m1/s1. The van der Waals surface area contributed by atoms with Crippen molar-refractivity contribution in [2.75, 3.05) is 5.73 Å². The third-order valence-corrected chi connectivity index (χ3v) is 2.82. The third-order valence-electron chi connectivity index (χ3n) is 2.82. The highest BCUT2D eigenvalue weighted by molar-refractivity contribution is 5.98. The fourth-order valence-electron chi connectivity index (χ4n) is 1.56. The maximum absolute atomic E-state index is 11.9. The molecule has 22 heavy (non-hydrogen) atoms. The van der Waals surface area contributed by atoms with Gasteiger partial charge in [0.25, 0.3) is 5.91 Å². The smallest absolute Gasteiger partial charge is 0.338 e. The highest BCUT2D eigenvalue weighted by Gasteiger charge is 2.21. The molecule has 0 unspecified atom stereocenters. The number of benzene rings is 1. The summed E-state index contributed by atoms with van der Waals surface area (Å²) in [6.07, 6.45) is -1.10. The third kappa shape index (κ3) is 5.08. The van der Waals surface area contributed by atoms with Gasteiger partial charge in [0.15, 0.2) is 6.10 Å². The normalized spacial score (nSPS) is 11.7. The van der Waals surface area contributed by atoms with E-state index >= 15 is 0 Å². The Kier molecular flexibility index (Phi) is 5.91. The number of esters is 1. The summed E-state index contributed by atoms with van der Waals surface area (Å²) in [6.45, 7) is 6.71. The molecule has 0 saturated heterocycles. The molecule has 3 amide bonds. The van der Waals surface area contributed by atoms with Crippen molar-refractivity contribution in [3.8, 4) is 0 Å². The maximum Gasteiger partial charge on any atom is 0.338 e. The molecule has 0 heterocycles. The molecule has 4 N–H and O–H groups in total. The van der Waals surface area contributed by atoms with E-state index in [9.17, 15) is 14.4 Å². The molecule has 0 saturated carbocycles. The molecule has 0 aliphatic rings. The van der Waals surface area contributed by atoms with Gasteiger partial charge in [-0.3, -0.25) is 10.1 Å². The number of imide groups is 1. The van der Waals surface area contributed by atoms with Crippen molar-refractivity contribution in [3.05, 3.63) is 29.3 Å². The number of aryl methyl sites for hydroxylation is 1. The van der Waals surface area contributed by atoms with Crippen LogP contribution in [0.3, 0.4) is 0 Å². The summed E-state index contributed by atoms with van der Waals surface area (Å²) in [6, 6.07) is 3.98. The fraction of sp³-hybridized carbons (Fsp3) is 0.400. The Morgan fingerprint density at radius 3 is 2.36 bits per heavy atom. The first-order valence-electron chi connectivity index (χ1n) is 6.89. The summed E-state index contributed by atoms with van der Waals surface area (Å²) in [7, 11) is 0. The largest absolute Gasteiger partial charge is 0.449 e. The maximum atomic E-state index is 11.9. The van der Waals surface area contributed by atoms with Gasteiger partial charge in [-0.1, -0.05) is 6.07 Å². The number of rotatable bonds is 4. The first kappa shape index (κ1) is 17.5. The number of nitrogens with two attached hydrogens (primary N) is 1. The Labute approximate surface area is 129 Å². The number of hydrogen-bond donors (Lipinski definition) is 3. The van der Waals surface area contributed by atoms with Gasteiger partial charge in [0, 0.05) is 11.7 Å². The number of amides is 3. The summed E-state index contributed by atoms with van der Waals surface area (Å²) in [5.74, 6) is -1.38. The van der Waals surface area contributed by atoms with Crippen LogP contribution < -0.4 is 16.4 Å². The lowest BCUT2D eigenvalue weighted by atomic mass is 10.1. The van der Waals surface area contributed by atoms with E-state index in [1.165, 1.54) is 13.0 Å². The SMILES string of the molecule is Cc1ccc(C(=O)O[C@H](C)C(=O)NC(=O)NC(C)C)cc1N. The zero-order valence-electron chi connectivity index (χ0n) is 13.1. The van der Waals surface area contributed by atoms with Crippen molar-refractivity contribution in [2.24, 2.45) is 0 Å². The second-order valence-electron chi connectivity index (χ2n) is 5.24. The van der Waals surface area contributed by atoms with Crippen molar-refractivity contribution in [3.63, 3.8) is 0 Å². The lowest BCUT2D eigenvalue weighted by Gasteiger charge is -2.14. The Morgan fingerprint density at radius 2 is 1.82 bits per heavy atom. The number of carbonyl (C=O) groups excluding carboxylic acids is 3. The number of carbonyl (C=O) groups is 3. The van der Waals surface area contributed by atoms with E-state index in [0.717, 1.165) is 5.56 Å². The zero-order valence-corrected chi connectivity index (χ0v) is 13.1. The van der Waals surface area contributed by atoms with Crippen molar-refractivity contribution >= 4 is 23.6 Å². The molecule has 1 aromatic rings. The average Bonchev–Trinajstić information content (AvgIpc) is 2.40. The van der Waals surface area contributed by atoms with Crippen LogP contribution >= 0.6 is 0 Å². The summed E-state index contributed by atoms with van der Waals surface area (Å²) in [4.78, 5) is 35.1. The minimum absolute atomic E-state index is 0.110. The van der Waals surface area contributed by atoms with E-state index in [-0.39, 0.29) is 11.6 Å². The molecule has 1 atom stereocenters. The number of ether oxygens (including phenoxy) is 1. The Bertz CT molecular complexity index is 584. The van der Waals surface area contributed by atoms with Crippen LogP contribution in [-0.2, 0) is 9.53 Å². The van der Waals surface area contributed by atoms with Crippen molar-refractivity contribution < 1.29 is 19.1 Å². The molecule has 0 radical (unpaired) electrons. The van der Waals surface area contributed by atoms with Gasteiger partial charge >= 0.3 is 12.0 Å². The van der Waals surface area contributed by atoms with Gasteiger partial charge in [-0.05, 0) is 45.4 Å². The van der Waals surface area contributed by atoms with Gasteiger partial charge in [-0.2, -0.15) is 0 Å². The molecule has 7 heteroatoms. The number of nitrogens with one attached hydrogen (secondary N) is 2. The first-order valence-corrected chi connectivity index (χ1v) is 6.89. The van der Waals surface area contributed by atoms with Gasteiger partial charge in [-0.15, -0.1) is 0 Å². The molecule has 0 aliphatic heterocycles. The number of urea groups is 1. The van der Waals surface area contributed by atoms with Gasteiger partial charge in [0.05, 0.1) is 5.56 Å². The van der Waals surface area contributed by atoms with Crippen LogP contribution in [0.15, 0.2) is 18.2 Å². The number of nitrogen functional groups attached to an aromatic ring is 1. The van der Waals surface area contributed by atoms with Gasteiger partial charge < -0.3 is 15.8 Å². The van der Waals surface area contributed by atoms with E-state index in [1.807, 2.05) is 6.92 Å². The van der Waals surface area contributed by atoms with Crippen LogP contribution in [0.25, 0.3) is 0 Å². The van der Waals surface area contributed by atoms with E-state index in [2.05, 4.69) is 10.6 Å². The fourth-order valence-corrected chi connectivity index (χ4v) is 1.56. The predicted octanol–water partition coefficient (Wildman–Crippen LogP) is 1.36. The second-order valence-corrected chi connectivity index (χ2v) is 5.24. The molecule has 0 bridgehead atoms. The number of hydrogen-bond acceptors (Lipinski definition) is 5. The quantitative estimate of drug-likeness (QED) is 0.574. The van der Waals surface area contributed by atoms with E-state index in [0.29, 0.717) is 5.69 Å². The van der Waals surface area contributed by atoms with Crippen molar-refractivity contribution in [1.29, 1.82) is 0 Å². The summed E-state index contributed by atoms with van der Waals surface area (Å²) >= 11 is 0. The van der Waals surface area contributed by atoms with E-state index in [4.69, 9.17) is 10.5 Å². The van der Waals surface area contributed by atoms with Gasteiger partial charge in [0.1, 0.15) is 0 Å². The van der Waals surface area contributed by atoms with E-state index < -0.39 is 24.0 Å². The highest BCUT2D eigenvalue weighted by Crippen LogP contribution is 2.14. The van der Waals surface area contributed by atoms with Crippen molar-refractivity contribution in [2.45, 2.75) is 39.8 Å². The van der Waals surface area contributed by atoms with Crippen LogP contribution in [0.5, 0.6) is 0 Å². The zero-order chi connectivity index (χ0) is 16.9. The minimum atomic E-state index is -1.10. The topological polar surface area (TPSA) is 111 Å². The summed E-state index contributed by atoms with van der Waals surface area (Å²) in [5.41, 5.74) is 7.27. The Morgan fingerprint density at radius 1 is 1.18 bits per heavy atom.